The van der Waals surface area contributed by atoms with E-state index >= 15 is 0 Å². The highest BCUT2D eigenvalue weighted by Crippen LogP contribution is 2.16. The van der Waals surface area contributed by atoms with Gasteiger partial charge in [0.15, 0.2) is 11.8 Å². The third-order valence-corrected chi connectivity index (χ3v) is 3.88. The lowest BCUT2D eigenvalue weighted by Crippen LogP contribution is -2.32. The Morgan fingerprint density at radius 2 is 1.93 bits per heavy atom. The molecule has 0 atom stereocenters. The van der Waals surface area contributed by atoms with Gasteiger partial charge in [-0.2, -0.15) is 0 Å². The third kappa shape index (κ3) is 8.95. The van der Waals surface area contributed by atoms with Crippen LogP contribution in [0.1, 0.15) is 39.9 Å². The molecule has 0 unspecified atom stereocenters. The zero-order valence-corrected chi connectivity index (χ0v) is 18.2. The number of hydrogen-bond donors (Lipinski definition) is 2. The molecule has 0 bridgehead atoms. The molecule has 8 heteroatoms. The normalized spacial score (nSPS) is 11.9. The van der Waals surface area contributed by atoms with Crippen LogP contribution in [-0.2, 0) is 18.3 Å². The molecule has 0 fully saturated rings. The number of nitrogens with one attached hydrogen (secondary N) is 2. The van der Waals surface area contributed by atoms with Crippen LogP contribution in [0.15, 0.2) is 35.6 Å². The predicted octanol–water partition coefficient (Wildman–Crippen LogP) is 3.22. The van der Waals surface area contributed by atoms with E-state index in [0.29, 0.717) is 18.4 Å². The standard InChI is InChI=1S/C21H34N6O2/c1-16(2)14-28-12-6-11-22-21(23-13-20-26-24-15-27(20)5)25-18-7-9-19(10-8-18)29-17(3)4/h7-10,15-17H,6,11-14H2,1-5H3,(H2,22,23,25). The third-order valence-electron chi connectivity index (χ3n) is 3.88. The molecule has 1 heterocycles. The Bertz CT molecular complexity index is 740. The van der Waals surface area contributed by atoms with Crippen molar-refractivity contribution in [2.24, 2.45) is 18.0 Å². The molecular weight excluding hydrogens is 368 g/mol. The number of nitrogens with zero attached hydrogens (tertiary/aromatic N) is 4. The molecule has 1 aromatic carbocycles. The molecule has 1 aromatic heterocycles. The highest BCUT2D eigenvalue weighted by molar-refractivity contribution is 5.93. The Balaban J connectivity index is 1.93. The maximum absolute atomic E-state index is 5.70. The number of aryl methyl sites for hydroxylation is 1. The van der Waals surface area contributed by atoms with Gasteiger partial charge in [0, 0.05) is 32.5 Å². The van der Waals surface area contributed by atoms with Gasteiger partial charge in [-0.05, 0) is 50.5 Å². The van der Waals surface area contributed by atoms with Gasteiger partial charge in [-0.25, -0.2) is 4.99 Å². The molecule has 0 saturated carbocycles. The van der Waals surface area contributed by atoms with Crippen LogP contribution < -0.4 is 15.4 Å². The van der Waals surface area contributed by atoms with Crippen LogP contribution in [0.4, 0.5) is 5.69 Å². The van der Waals surface area contributed by atoms with Crippen LogP contribution >= 0.6 is 0 Å². The molecule has 8 nitrogen and oxygen atoms in total. The van der Waals surface area contributed by atoms with E-state index in [0.717, 1.165) is 43.4 Å². The number of guanidine groups is 1. The van der Waals surface area contributed by atoms with E-state index in [2.05, 4.69) is 39.7 Å². The lowest BCUT2D eigenvalue weighted by atomic mass is 10.2. The molecule has 2 rings (SSSR count). The zero-order chi connectivity index (χ0) is 21.1. The maximum Gasteiger partial charge on any atom is 0.196 e. The molecule has 0 aliphatic rings. The van der Waals surface area contributed by atoms with Crippen molar-refractivity contribution >= 4 is 11.6 Å². The van der Waals surface area contributed by atoms with Crippen molar-refractivity contribution in [2.75, 3.05) is 25.1 Å². The molecule has 0 spiro atoms. The largest absolute Gasteiger partial charge is 0.491 e. The maximum atomic E-state index is 5.70. The first kappa shape index (κ1) is 22.7. The second-order valence-corrected chi connectivity index (χ2v) is 7.59. The van der Waals surface area contributed by atoms with Crippen molar-refractivity contribution in [2.45, 2.75) is 46.8 Å². The Labute approximate surface area is 173 Å². The van der Waals surface area contributed by atoms with Crippen LogP contribution in [0.25, 0.3) is 0 Å². The van der Waals surface area contributed by atoms with Crippen molar-refractivity contribution in [1.82, 2.24) is 20.1 Å². The Morgan fingerprint density at radius 3 is 2.55 bits per heavy atom. The van der Waals surface area contributed by atoms with E-state index < -0.39 is 0 Å². The zero-order valence-electron chi connectivity index (χ0n) is 18.2. The van der Waals surface area contributed by atoms with Gasteiger partial charge in [-0.15, -0.1) is 10.2 Å². The minimum Gasteiger partial charge on any atom is -0.491 e. The van der Waals surface area contributed by atoms with E-state index in [1.807, 2.05) is 49.7 Å². The molecule has 0 radical (unpaired) electrons. The molecular formula is C21H34N6O2. The van der Waals surface area contributed by atoms with Gasteiger partial charge < -0.3 is 24.7 Å². The summed E-state index contributed by atoms with van der Waals surface area (Å²) < 4.78 is 13.2. The summed E-state index contributed by atoms with van der Waals surface area (Å²) in [6.07, 6.45) is 2.72. The van der Waals surface area contributed by atoms with Crippen molar-refractivity contribution in [3.05, 3.63) is 36.4 Å². The monoisotopic (exact) mass is 402 g/mol. The van der Waals surface area contributed by atoms with Crippen molar-refractivity contribution < 1.29 is 9.47 Å². The second-order valence-electron chi connectivity index (χ2n) is 7.59. The molecule has 160 valence electrons. The van der Waals surface area contributed by atoms with Gasteiger partial charge in [-0.3, -0.25) is 0 Å². The molecule has 2 N–H and O–H groups in total. The topological polar surface area (TPSA) is 85.6 Å². The first-order valence-electron chi connectivity index (χ1n) is 10.2. The van der Waals surface area contributed by atoms with E-state index in [-0.39, 0.29) is 6.10 Å². The fourth-order valence-electron chi connectivity index (χ4n) is 2.47. The summed E-state index contributed by atoms with van der Waals surface area (Å²) in [7, 11) is 1.91. The summed E-state index contributed by atoms with van der Waals surface area (Å²) in [5.74, 6) is 2.88. The SMILES string of the molecule is CC(C)COCCCNC(=NCc1nncn1C)Nc1ccc(OC(C)C)cc1. The summed E-state index contributed by atoms with van der Waals surface area (Å²) in [4.78, 5) is 4.64. The minimum atomic E-state index is 0.150. The highest BCUT2D eigenvalue weighted by atomic mass is 16.5. The first-order chi connectivity index (χ1) is 13.9. The number of ether oxygens (including phenoxy) is 2. The average Bonchev–Trinajstić information content (AvgIpc) is 3.08. The first-order valence-corrected chi connectivity index (χ1v) is 10.2. The molecule has 29 heavy (non-hydrogen) atoms. The fraction of sp³-hybridized carbons (Fsp3) is 0.571. The fourth-order valence-corrected chi connectivity index (χ4v) is 2.47. The van der Waals surface area contributed by atoms with Gasteiger partial charge in [0.2, 0.25) is 0 Å². The highest BCUT2D eigenvalue weighted by Gasteiger charge is 2.05. The van der Waals surface area contributed by atoms with Gasteiger partial charge in [-0.1, -0.05) is 13.8 Å². The van der Waals surface area contributed by atoms with Crippen molar-refractivity contribution in [1.29, 1.82) is 0 Å². The van der Waals surface area contributed by atoms with Crippen LogP contribution in [0.2, 0.25) is 0 Å². The number of hydrogen-bond acceptors (Lipinski definition) is 5. The molecule has 2 aromatic rings. The minimum absolute atomic E-state index is 0.150. The summed E-state index contributed by atoms with van der Waals surface area (Å²) in [6, 6.07) is 7.84. The summed E-state index contributed by atoms with van der Waals surface area (Å²) in [6.45, 7) is 11.0. The van der Waals surface area contributed by atoms with Gasteiger partial charge in [0.1, 0.15) is 18.6 Å². The summed E-state index contributed by atoms with van der Waals surface area (Å²) in [5, 5.41) is 14.7. The number of aromatic nitrogens is 3. The quantitative estimate of drug-likeness (QED) is 0.341. The van der Waals surface area contributed by atoms with Crippen LogP contribution in [-0.4, -0.2) is 46.6 Å². The Kier molecular flexibility index (Phi) is 9.43. The van der Waals surface area contributed by atoms with Crippen molar-refractivity contribution in [3.63, 3.8) is 0 Å². The Hall–Kier alpha value is -2.61. The van der Waals surface area contributed by atoms with Crippen LogP contribution in [0.5, 0.6) is 5.75 Å². The molecule has 0 aliphatic carbocycles. The van der Waals surface area contributed by atoms with E-state index in [9.17, 15) is 0 Å². The second kappa shape index (κ2) is 12.1. The van der Waals surface area contributed by atoms with Crippen molar-refractivity contribution in [3.8, 4) is 5.75 Å². The lowest BCUT2D eigenvalue weighted by Gasteiger charge is -2.14. The number of anilines is 1. The van der Waals surface area contributed by atoms with E-state index in [1.54, 1.807) is 6.33 Å². The van der Waals surface area contributed by atoms with E-state index in [4.69, 9.17) is 9.47 Å². The van der Waals surface area contributed by atoms with E-state index in [1.165, 1.54) is 0 Å². The van der Waals surface area contributed by atoms with Gasteiger partial charge in [0.25, 0.3) is 0 Å². The molecule has 0 saturated heterocycles. The number of aliphatic imine (C=N–C) groups is 1. The predicted molar refractivity (Wildman–Crippen MR) is 116 cm³/mol. The smallest absolute Gasteiger partial charge is 0.196 e. The Morgan fingerprint density at radius 1 is 1.17 bits per heavy atom. The average molecular weight is 403 g/mol. The molecule has 0 aliphatic heterocycles. The van der Waals surface area contributed by atoms with Gasteiger partial charge >= 0.3 is 0 Å². The van der Waals surface area contributed by atoms with Crippen LogP contribution in [0.3, 0.4) is 0 Å². The molecule has 0 amide bonds. The summed E-state index contributed by atoms with van der Waals surface area (Å²) in [5.41, 5.74) is 0.932. The summed E-state index contributed by atoms with van der Waals surface area (Å²) >= 11 is 0. The number of rotatable bonds is 11. The van der Waals surface area contributed by atoms with Crippen LogP contribution in [0, 0.1) is 5.92 Å². The lowest BCUT2D eigenvalue weighted by molar-refractivity contribution is 0.108. The van der Waals surface area contributed by atoms with Gasteiger partial charge in [0.05, 0.1) is 6.10 Å². The number of benzene rings is 1.